The normalized spacial score (nSPS) is 12.2. The van der Waals surface area contributed by atoms with Crippen LogP contribution in [0.3, 0.4) is 0 Å². The summed E-state index contributed by atoms with van der Waals surface area (Å²) in [7, 11) is -6.71. The first-order chi connectivity index (χ1) is 8.06. The molecule has 0 aromatic heterocycles. The van der Waals surface area contributed by atoms with Crippen LogP contribution >= 0.6 is 0 Å². The molecule has 0 aliphatic heterocycles. The van der Waals surface area contributed by atoms with Gasteiger partial charge in [-0.3, -0.25) is 0 Å². The molecule has 0 aliphatic rings. The molecule has 0 spiro atoms. The topological polar surface area (TPSA) is 80.5 Å². The number of nitrogens with zero attached hydrogens (tertiary/aromatic N) is 2. The van der Waals surface area contributed by atoms with Crippen molar-refractivity contribution in [2.24, 2.45) is 0 Å². The zero-order chi connectivity index (χ0) is 14.1. The lowest BCUT2D eigenvalue weighted by Gasteiger charge is -2.24. The van der Waals surface area contributed by atoms with E-state index in [4.69, 9.17) is 0 Å². The van der Waals surface area contributed by atoms with Gasteiger partial charge in [0, 0.05) is 0 Å². The maximum Gasteiger partial charge on any atom is 0.304 e. The second-order valence-corrected chi connectivity index (χ2v) is 11.8. The van der Waals surface area contributed by atoms with Crippen molar-refractivity contribution < 1.29 is 13.5 Å². The van der Waals surface area contributed by atoms with Gasteiger partial charge in [-0.25, -0.2) is 10.1 Å². The van der Waals surface area contributed by atoms with Crippen LogP contribution < -0.4 is 0 Å². The third kappa shape index (κ3) is 2.88. The highest BCUT2D eigenvalue weighted by atomic mass is 32.2. The minimum atomic E-state index is -4.08. The summed E-state index contributed by atoms with van der Waals surface area (Å²) in [5, 5.41) is 10.2. The molecule has 8 heteroatoms. The van der Waals surface area contributed by atoms with E-state index in [1.54, 1.807) is 31.8 Å². The fourth-order valence-electron chi connectivity index (χ4n) is 1.50. The second kappa shape index (κ2) is 4.69. The van der Waals surface area contributed by atoms with Crippen molar-refractivity contribution in [3.8, 4) is 0 Å². The zero-order valence-corrected chi connectivity index (χ0v) is 12.6. The minimum Gasteiger partial charge on any atom is -0.234 e. The fraction of sp³-hybridized carbons (Fsp3) is 0.400. The van der Waals surface area contributed by atoms with Crippen molar-refractivity contribution in [3.05, 3.63) is 39.9 Å². The molecule has 18 heavy (non-hydrogen) atoms. The highest BCUT2D eigenvalue weighted by molar-refractivity contribution is 7.90. The van der Waals surface area contributed by atoms with Crippen molar-refractivity contribution in [2.75, 3.05) is 0 Å². The third-order valence-corrected chi connectivity index (χ3v) is 7.40. The molecule has 0 amide bonds. The van der Waals surface area contributed by atoms with E-state index in [1.807, 2.05) is 6.92 Å². The summed E-state index contributed by atoms with van der Waals surface area (Å²) < 4.78 is 24.9. The molecule has 0 N–H and O–H groups in total. The van der Waals surface area contributed by atoms with E-state index in [0.717, 1.165) is 5.56 Å². The van der Waals surface area contributed by atoms with E-state index in [1.165, 1.54) is 12.1 Å². The predicted octanol–water partition coefficient (Wildman–Crippen LogP) is 2.01. The van der Waals surface area contributed by atoms with Crippen LogP contribution in [0.25, 0.3) is 0 Å². The summed E-state index contributed by atoms with van der Waals surface area (Å²) in [4.78, 5) is 11.0. The molecule has 1 aromatic rings. The van der Waals surface area contributed by atoms with E-state index in [9.17, 15) is 18.5 Å². The van der Waals surface area contributed by atoms with Crippen LogP contribution in [0.1, 0.15) is 5.56 Å². The number of sulfonamides is 1. The standard InChI is InChI=1S/C10H16N2O4SSi/c1-9-5-7-10(8-6-9)17(15,16)12(11(13)14)18(2,3)4/h5-8H,1-4H3. The molecule has 0 fully saturated rings. The number of aryl methyl sites for hydroxylation is 1. The van der Waals surface area contributed by atoms with Crippen molar-refractivity contribution in [1.29, 1.82) is 0 Å². The fourth-order valence-corrected chi connectivity index (χ4v) is 6.05. The van der Waals surface area contributed by atoms with Gasteiger partial charge in [0.05, 0.1) is 4.90 Å². The molecule has 1 aromatic carbocycles. The van der Waals surface area contributed by atoms with Gasteiger partial charge in [-0.1, -0.05) is 21.8 Å². The Labute approximate surface area is 107 Å². The summed E-state index contributed by atoms with van der Waals surface area (Å²) in [5.41, 5.74) is 0.898. The van der Waals surface area contributed by atoms with Crippen LogP contribution in [0.5, 0.6) is 0 Å². The molecule has 0 unspecified atom stereocenters. The van der Waals surface area contributed by atoms with Gasteiger partial charge >= 0.3 is 10.0 Å². The summed E-state index contributed by atoms with van der Waals surface area (Å²) in [5.74, 6) is 0. The number of nitro groups is 1. The number of rotatable bonds is 4. The molecule has 0 atom stereocenters. The lowest BCUT2D eigenvalue weighted by molar-refractivity contribution is -0.593. The van der Waals surface area contributed by atoms with Crippen LogP contribution in [-0.2, 0) is 10.0 Å². The first-order valence-corrected chi connectivity index (χ1v) is 10.2. The molecule has 0 bridgehead atoms. The molecular formula is C10H16N2O4SSi. The number of hydrogen-bond acceptors (Lipinski definition) is 4. The average molecular weight is 288 g/mol. The summed E-state index contributed by atoms with van der Waals surface area (Å²) >= 11 is 0. The van der Waals surface area contributed by atoms with Gasteiger partial charge in [0.1, 0.15) is 0 Å². The smallest absolute Gasteiger partial charge is 0.234 e. The summed E-state index contributed by atoms with van der Waals surface area (Å²) in [6.07, 6.45) is 0. The number of hydrogen-bond donors (Lipinski definition) is 0. The molecule has 0 heterocycles. The van der Waals surface area contributed by atoms with Gasteiger partial charge in [0.15, 0.2) is 5.03 Å². The van der Waals surface area contributed by atoms with Crippen molar-refractivity contribution in [3.63, 3.8) is 0 Å². The number of hydrazine groups is 1. The van der Waals surface area contributed by atoms with Crippen LogP contribution in [-0.4, -0.2) is 25.8 Å². The maximum atomic E-state index is 12.3. The molecule has 0 aliphatic carbocycles. The Bertz CT molecular complexity index is 548. The Hall–Kier alpha value is -1.41. The minimum absolute atomic E-state index is 0.0489. The molecule has 0 saturated carbocycles. The molecule has 100 valence electrons. The molecule has 0 saturated heterocycles. The van der Waals surface area contributed by atoms with Crippen molar-refractivity contribution in [1.82, 2.24) is 4.08 Å². The SMILES string of the molecule is Cc1ccc(S(=O)(=O)N([N+](=O)[O-])[Si](C)(C)C)cc1. The van der Waals surface area contributed by atoms with Crippen LogP contribution in [0, 0.1) is 17.0 Å². The first-order valence-electron chi connectivity index (χ1n) is 5.33. The molecule has 1 rings (SSSR count). The zero-order valence-electron chi connectivity index (χ0n) is 10.7. The third-order valence-electron chi connectivity index (χ3n) is 2.27. The van der Waals surface area contributed by atoms with E-state index >= 15 is 0 Å². The van der Waals surface area contributed by atoms with Gasteiger partial charge in [-0.15, -0.1) is 0 Å². The van der Waals surface area contributed by atoms with Gasteiger partial charge in [-0.05, 0) is 38.7 Å². The van der Waals surface area contributed by atoms with Gasteiger partial charge < -0.3 is 0 Å². The molecule has 6 nitrogen and oxygen atoms in total. The van der Waals surface area contributed by atoms with Gasteiger partial charge in [0.2, 0.25) is 0 Å². The van der Waals surface area contributed by atoms with E-state index in [2.05, 4.69) is 0 Å². The number of benzene rings is 1. The monoisotopic (exact) mass is 288 g/mol. The van der Waals surface area contributed by atoms with E-state index in [-0.39, 0.29) is 4.90 Å². The van der Waals surface area contributed by atoms with Gasteiger partial charge in [0.25, 0.3) is 8.24 Å². The van der Waals surface area contributed by atoms with Crippen LogP contribution in [0.4, 0.5) is 0 Å². The van der Waals surface area contributed by atoms with Crippen molar-refractivity contribution in [2.45, 2.75) is 31.5 Å². The summed E-state index contributed by atoms with van der Waals surface area (Å²) in [6.45, 7) is 6.66. The van der Waals surface area contributed by atoms with Crippen LogP contribution in [0.2, 0.25) is 19.6 Å². The van der Waals surface area contributed by atoms with E-state index in [0.29, 0.717) is 4.08 Å². The Kier molecular flexibility index (Phi) is 3.82. The highest BCUT2D eigenvalue weighted by Crippen LogP contribution is 2.22. The molecular weight excluding hydrogens is 272 g/mol. The van der Waals surface area contributed by atoms with Crippen LogP contribution in [0.15, 0.2) is 29.2 Å². The lowest BCUT2D eigenvalue weighted by Crippen LogP contribution is -2.52. The quantitative estimate of drug-likeness (QED) is 0.482. The second-order valence-electron chi connectivity index (χ2n) is 4.97. The highest BCUT2D eigenvalue weighted by Gasteiger charge is 2.44. The van der Waals surface area contributed by atoms with Crippen molar-refractivity contribution >= 4 is 18.3 Å². The lowest BCUT2D eigenvalue weighted by atomic mass is 10.2. The Morgan fingerprint density at radius 3 is 1.94 bits per heavy atom. The Balaban J connectivity index is 3.35. The average Bonchev–Trinajstić information content (AvgIpc) is 2.14. The first kappa shape index (κ1) is 14.6. The van der Waals surface area contributed by atoms with E-state index < -0.39 is 23.3 Å². The maximum absolute atomic E-state index is 12.3. The summed E-state index contributed by atoms with van der Waals surface area (Å²) in [6, 6.07) is 6.02. The van der Waals surface area contributed by atoms with Gasteiger partial charge in [-0.2, -0.15) is 8.42 Å². The Morgan fingerprint density at radius 1 is 1.17 bits per heavy atom. The Morgan fingerprint density at radius 2 is 1.61 bits per heavy atom. The predicted molar refractivity (Wildman–Crippen MR) is 70.5 cm³/mol. The molecule has 0 radical (unpaired) electrons. The largest absolute Gasteiger partial charge is 0.304 e.